The van der Waals surface area contributed by atoms with Crippen molar-refractivity contribution in [1.82, 2.24) is 9.66 Å². The molecular formula is C14H26N4. The van der Waals surface area contributed by atoms with Gasteiger partial charge in [-0.3, -0.25) is 0 Å². The second kappa shape index (κ2) is 4.48. The van der Waals surface area contributed by atoms with Gasteiger partial charge in [0, 0.05) is 5.92 Å². The van der Waals surface area contributed by atoms with Crippen LogP contribution < -0.4 is 11.6 Å². The van der Waals surface area contributed by atoms with Crippen LogP contribution in [0.1, 0.15) is 63.9 Å². The largest absolute Gasteiger partial charge is 0.382 e. The highest BCUT2D eigenvalue weighted by Gasteiger charge is 2.32. The van der Waals surface area contributed by atoms with Crippen LogP contribution in [0.15, 0.2) is 0 Å². The van der Waals surface area contributed by atoms with Crippen LogP contribution in [0.2, 0.25) is 0 Å². The molecule has 4 N–H and O–H groups in total. The first-order chi connectivity index (χ1) is 8.30. The molecule has 1 saturated carbocycles. The van der Waals surface area contributed by atoms with Crippen molar-refractivity contribution in [2.45, 2.75) is 59.3 Å². The van der Waals surface area contributed by atoms with Gasteiger partial charge < -0.3 is 11.6 Å². The van der Waals surface area contributed by atoms with Gasteiger partial charge in [0.15, 0.2) is 0 Å². The van der Waals surface area contributed by atoms with Crippen molar-refractivity contribution in [3.63, 3.8) is 0 Å². The fourth-order valence-corrected chi connectivity index (χ4v) is 3.12. The summed E-state index contributed by atoms with van der Waals surface area (Å²) in [5.74, 6) is 8.59. The van der Waals surface area contributed by atoms with Crippen LogP contribution in [0.25, 0.3) is 0 Å². The van der Waals surface area contributed by atoms with Crippen LogP contribution in [0.5, 0.6) is 0 Å². The Bertz CT molecular complexity index is 420. The third-order valence-electron chi connectivity index (χ3n) is 4.49. The van der Waals surface area contributed by atoms with E-state index in [1.54, 1.807) is 0 Å². The highest BCUT2D eigenvalue weighted by atomic mass is 15.4. The van der Waals surface area contributed by atoms with Crippen molar-refractivity contribution >= 4 is 5.82 Å². The Kier molecular flexibility index (Phi) is 3.30. The number of hydrogen-bond acceptors (Lipinski definition) is 3. The molecule has 1 fully saturated rings. The van der Waals surface area contributed by atoms with Crippen LogP contribution >= 0.6 is 0 Å². The normalized spacial score (nSPS) is 25.3. The minimum absolute atomic E-state index is 0.416. The van der Waals surface area contributed by atoms with Gasteiger partial charge in [-0.1, -0.05) is 20.8 Å². The van der Waals surface area contributed by atoms with E-state index in [0.717, 1.165) is 17.4 Å². The molecule has 1 aromatic rings. The molecule has 1 heterocycles. The topological polar surface area (TPSA) is 69.9 Å². The average molecular weight is 250 g/mol. The quantitative estimate of drug-likeness (QED) is 0.753. The fraction of sp³-hybridized carbons (Fsp3) is 0.786. The zero-order chi connectivity index (χ0) is 13.5. The Morgan fingerprint density at radius 2 is 1.72 bits per heavy atom. The summed E-state index contributed by atoms with van der Waals surface area (Å²) in [6.07, 6.45) is 4.90. The number of imidazole rings is 1. The number of nitrogens with two attached hydrogens (primary N) is 2. The summed E-state index contributed by atoms with van der Waals surface area (Å²) in [5, 5.41) is 0. The lowest BCUT2D eigenvalue weighted by Crippen LogP contribution is -2.25. The molecule has 4 heteroatoms. The minimum Gasteiger partial charge on any atom is -0.382 e. The lowest BCUT2D eigenvalue weighted by Gasteiger charge is -2.36. The SMILES string of the molecule is Cc1nc(C2CCC(C(C)(C)C)CC2)c(N)n1N. The van der Waals surface area contributed by atoms with Crippen LogP contribution in [0.3, 0.4) is 0 Å². The van der Waals surface area contributed by atoms with Gasteiger partial charge in [-0.2, -0.15) is 0 Å². The van der Waals surface area contributed by atoms with Gasteiger partial charge in [-0.25, -0.2) is 9.66 Å². The van der Waals surface area contributed by atoms with Crippen LogP contribution in [-0.2, 0) is 0 Å². The summed E-state index contributed by atoms with van der Waals surface area (Å²) in [4.78, 5) is 4.53. The highest BCUT2D eigenvalue weighted by molar-refractivity contribution is 5.40. The Morgan fingerprint density at radius 3 is 2.11 bits per heavy atom. The van der Waals surface area contributed by atoms with E-state index in [-0.39, 0.29) is 0 Å². The van der Waals surface area contributed by atoms with Crippen LogP contribution in [0.4, 0.5) is 5.82 Å². The van der Waals surface area contributed by atoms with Crippen LogP contribution in [-0.4, -0.2) is 9.66 Å². The van der Waals surface area contributed by atoms with Gasteiger partial charge in [-0.05, 0) is 43.9 Å². The van der Waals surface area contributed by atoms with Crippen molar-refractivity contribution in [3.05, 3.63) is 11.5 Å². The molecule has 0 aliphatic heterocycles. The van der Waals surface area contributed by atoms with E-state index in [9.17, 15) is 0 Å². The second-order valence-corrected chi connectivity index (χ2v) is 6.71. The first kappa shape index (κ1) is 13.2. The summed E-state index contributed by atoms with van der Waals surface area (Å²) in [6, 6.07) is 0. The predicted octanol–water partition coefficient (Wildman–Crippen LogP) is 2.81. The van der Waals surface area contributed by atoms with E-state index in [2.05, 4.69) is 25.8 Å². The number of hydrogen-bond donors (Lipinski definition) is 2. The Hall–Kier alpha value is -1.19. The van der Waals surface area contributed by atoms with E-state index in [4.69, 9.17) is 11.6 Å². The lowest BCUT2D eigenvalue weighted by atomic mass is 9.69. The van der Waals surface area contributed by atoms with Crippen LogP contribution in [0, 0.1) is 18.3 Å². The number of aromatic nitrogens is 2. The first-order valence-corrected chi connectivity index (χ1v) is 6.90. The molecular weight excluding hydrogens is 224 g/mol. The fourth-order valence-electron chi connectivity index (χ4n) is 3.12. The molecule has 2 rings (SSSR count). The standard InChI is InChI=1S/C14H26N4/c1-9-17-12(13(15)18(9)16)10-5-7-11(8-6-10)14(2,3)4/h10-11H,5-8,15-16H2,1-4H3. The van der Waals surface area contributed by atoms with Gasteiger partial charge in [-0.15, -0.1) is 0 Å². The summed E-state index contributed by atoms with van der Waals surface area (Å²) in [7, 11) is 0. The third kappa shape index (κ3) is 2.33. The molecule has 18 heavy (non-hydrogen) atoms. The number of aryl methyl sites for hydroxylation is 1. The zero-order valence-corrected chi connectivity index (χ0v) is 12.0. The van der Waals surface area contributed by atoms with E-state index >= 15 is 0 Å². The number of nitrogens with zero attached hydrogens (tertiary/aromatic N) is 2. The molecule has 0 amide bonds. The molecule has 0 radical (unpaired) electrons. The summed E-state index contributed by atoms with van der Waals surface area (Å²) < 4.78 is 1.51. The predicted molar refractivity (Wildman–Crippen MR) is 75.7 cm³/mol. The van der Waals surface area contributed by atoms with Gasteiger partial charge >= 0.3 is 0 Å². The van der Waals surface area contributed by atoms with E-state index in [1.807, 2.05) is 6.92 Å². The van der Waals surface area contributed by atoms with Crippen molar-refractivity contribution in [3.8, 4) is 0 Å². The summed E-state index contributed by atoms with van der Waals surface area (Å²) in [5.41, 5.74) is 7.46. The van der Waals surface area contributed by atoms with E-state index in [0.29, 0.717) is 17.2 Å². The maximum atomic E-state index is 6.03. The maximum absolute atomic E-state index is 6.03. The molecule has 4 nitrogen and oxygen atoms in total. The third-order valence-corrected chi connectivity index (χ3v) is 4.49. The van der Waals surface area contributed by atoms with E-state index in [1.165, 1.54) is 30.4 Å². The Labute approximate surface area is 110 Å². The summed E-state index contributed by atoms with van der Waals surface area (Å²) >= 11 is 0. The van der Waals surface area contributed by atoms with Crippen molar-refractivity contribution in [2.24, 2.45) is 11.3 Å². The average Bonchev–Trinajstić information content (AvgIpc) is 2.56. The van der Waals surface area contributed by atoms with Gasteiger partial charge in [0.25, 0.3) is 0 Å². The molecule has 0 aromatic carbocycles. The number of anilines is 1. The Balaban J connectivity index is 2.08. The molecule has 0 spiro atoms. The molecule has 102 valence electrons. The van der Waals surface area contributed by atoms with Crippen molar-refractivity contribution in [1.29, 1.82) is 0 Å². The number of rotatable bonds is 1. The van der Waals surface area contributed by atoms with Crippen molar-refractivity contribution in [2.75, 3.05) is 11.6 Å². The molecule has 0 bridgehead atoms. The second-order valence-electron chi connectivity index (χ2n) is 6.71. The monoisotopic (exact) mass is 250 g/mol. The van der Waals surface area contributed by atoms with Gasteiger partial charge in [0.1, 0.15) is 11.6 Å². The lowest BCUT2D eigenvalue weighted by molar-refractivity contribution is 0.168. The molecule has 1 aliphatic rings. The maximum Gasteiger partial charge on any atom is 0.146 e. The highest BCUT2D eigenvalue weighted by Crippen LogP contribution is 2.43. The molecule has 0 unspecified atom stereocenters. The zero-order valence-electron chi connectivity index (χ0n) is 12.0. The first-order valence-electron chi connectivity index (χ1n) is 6.90. The number of nitrogen functional groups attached to an aromatic ring is 2. The Morgan fingerprint density at radius 1 is 1.17 bits per heavy atom. The van der Waals surface area contributed by atoms with Crippen molar-refractivity contribution < 1.29 is 0 Å². The van der Waals surface area contributed by atoms with E-state index < -0.39 is 0 Å². The van der Waals surface area contributed by atoms with Gasteiger partial charge in [0.2, 0.25) is 0 Å². The molecule has 1 aliphatic carbocycles. The minimum atomic E-state index is 0.416. The smallest absolute Gasteiger partial charge is 0.146 e. The molecule has 0 atom stereocenters. The summed E-state index contributed by atoms with van der Waals surface area (Å²) in [6.45, 7) is 8.92. The van der Waals surface area contributed by atoms with Gasteiger partial charge in [0.05, 0.1) is 5.69 Å². The molecule has 0 saturated heterocycles. The molecule has 1 aromatic heterocycles.